The summed E-state index contributed by atoms with van der Waals surface area (Å²) in [6, 6.07) is 14.8. The second-order valence-corrected chi connectivity index (χ2v) is 6.07. The first-order valence-corrected chi connectivity index (χ1v) is 8.04. The van der Waals surface area contributed by atoms with Gasteiger partial charge in [-0.2, -0.15) is 0 Å². The number of nitrogens with two attached hydrogens (primary N) is 1. The minimum absolute atomic E-state index is 0.000677. The maximum Gasteiger partial charge on any atom is 0.253 e. The van der Waals surface area contributed by atoms with Crippen LogP contribution in [-0.4, -0.2) is 30.0 Å². The molecule has 0 aliphatic carbocycles. The number of ether oxygens (including phenoxy) is 1. The summed E-state index contributed by atoms with van der Waals surface area (Å²) < 4.78 is 5.91. The fraction of sp³-hybridized carbons (Fsp3) is 0.278. The van der Waals surface area contributed by atoms with E-state index in [2.05, 4.69) is 0 Å². The first kappa shape index (κ1) is 15.8. The average molecular weight is 331 g/mol. The normalized spacial score (nSPS) is 17.3. The number of likely N-dealkylation sites (tertiary alicyclic amines) is 1. The first-order valence-electron chi connectivity index (χ1n) is 7.66. The van der Waals surface area contributed by atoms with Gasteiger partial charge in [-0.05, 0) is 35.9 Å². The molecule has 23 heavy (non-hydrogen) atoms. The zero-order valence-corrected chi connectivity index (χ0v) is 13.5. The zero-order chi connectivity index (χ0) is 16.2. The van der Waals surface area contributed by atoms with Crippen molar-refractivity contribution in [2.75, 3.05) is 13.1 Å². The number of hydrogen-bond donors (Lipinski definition) is 1. The number of benzene rings is 2. The summed E-state index contributed by atoms with van der Waals surface area (Å²) in [5.74, 6) is 0.773. The summed E-state index contributed by atoms with van der Waals surface area (Å²) in [5, 5.41) is 0.647. The van der Waals surface area contributed by atoms with E-state index in [1.54, 1.807) is 6.07 Å². The molecule has 1 atom stereocenters. The third kappa shape index (κ3) is 3.84. The van der Waals surface area contributed by atoms with E-state index in [4.69, 9.17) is 22.1 Å². The number of halogens is 1. The highest BCUT2D eigenvalue weighted by Crippen LogP contribution is 2.22. The van der Waals surface area contributed by atoms with Crippen molar-refractivity contribution in [3.8, 4) is 5.75 Å². The van der Waals surface area contributed by atoms with Gasteiger partial charge in [0.1, 0.15) is 11.9 Å². The highest BCUT2D eigenvalue weighted by Gasteiger charge is 2.28. The molecule has 1 saturated heterocycles. The Morgan fingerprint density at radius 1 is 1.26 bits per heavy atom. The molecule has 0 spiro atoms. The molecule has 2 N–H and O–H groups in total. The van der Waals surface area contributed by atoms with Crippen LogP contribution in [0.1, 0.15) is 22.3 Å². The molecule has 4 nitrogen and oxygen atoms in total. The SMILES string of the molecule is NCc1ccc(C(=O)N2CCC(Oc3cccc(Cl)c3)C2)cc1. The van der Waals surface area contributed by atoms with Crippen molar-refractivity contribution >= 4 is 17.5 Å². The summed E-state index contributed by atoms with van der Waals surface area (Å²) in [6.07, 6.45) is 0.819. The van der Waals surface area contributed by atoms with Crippen LogP contribution in [0.2, 0.25) is 5.02 Å². The Morgan fingerprint density at radius 2 is 2.04 bits per heavy atom. The van der Waals surface area contributed by atoms with Gasteiger partial charge >= 0.3 is 0 Å². The molecule has 0 radical (unpaired) electrons. The number of amides is 1. The molecule has 3 rings (SSSR count). The van der Waals surface area contributed by atoms with E-state index in [0.29, 0.717) is 30.2 Å². The van der Waals surface area contributed by atoms with Crippen molar-refractivity contribution < 1.29 is 9.53 Å². The van der Waals surface area contributed by atoms with Gasteiger partial charge in [0.05, 0.1) is 6.54 Å². The predicted octanol–water partition coefficient (Wildman–Crippen LogP) is 3.09. The van der Waals surface area contributed by atoms with Crippen molar-refractivity contribution in [2.24, 2.45) is 5.73 Å². The third-order valence-corrected chi connectivity index (χ3v) is 4.20. The van der Waals surface area contributed by atoms with Crippen LogP contribution in [0.4, 0.5) is 0 Å². The second kappa shape index (κ2) is 7.02. The molecular weight excluding hydrogens is 312 g/mol. The molecule has 5 heteroatoms. The molecule has 0 saturated carbocycles. The average Bonchev–Trinajstić information content (AvgIpc) is 3.03. The summed E-state index contributed by atoms with van der Waals surface area (Å²) in [4.78, 5) is 14.3. The van der Waals surface area contributed by atoms with E-state index >= 15 is 0 Å². The molecule has 2 aromatic rings. The maximum absolute atomic E-state index is 12.5. The minimum Gasteiger partial charge on any atom is -0.488 e. The standard InChI is InChI=1S/C18H19ClN2O2/c19-15-2-1-3-16(10-15)23-17-8-9-21(12-17)18(22)14-6-4-13(11-20)5-7-14/h1-7,10,17H,8-9,11-12,20H2. The maximum atomic E-state index is 12.5. The fourth-order valence-electron chi connectivity index (χ4n) is 2.71. The molecule has 1 unspecified atom stereocenters. The number of rotatable bonds is 4. The van der Waals surface area contributed by atoms with Gasteiger partial charge in [-0.3, -0.25) is 4.79 Å². The van der Waals surface area contributed by atoms with E-state index < -0.39 is 0 Å². The van der Waals surface area contributed by atoms with Gasteiger partial charge in [-0.1, -0.05) is 29.8 Å². The van der Waals surface area contributed by atoms with E-state index in [-0.39, 0.29) is 12.0 Å². The van der Waals surface area contributed by atoms with Crippen LogP contribution in [0, 0.1) is 0 Å². The summed E-state index contributed by atoms with van der Waals surface area (Å²) in [5.41, 5.74) is 7.28. The molecule has 1 amide bonds. The molecule has 0 aromatic heterocycles. The Labute approximate surface area is 140 Å². The van der Waals surface area contributed by atoms with Crippen LogP contribution in [0.5, 0.6) is 5.75 Å². The molecule has 1 aliphatic heterocycles. The molecule has 1 aliphatic rings. The predicted molar refractivity (Wildman–Crippen MR) is 90.7 cm³/mol. The van der Waals surface area contributed by atoms with E-state index in [1.165, 1.54) is 0 Å². The van der Waals surface area contributed by atoms with Gasteiger partial charge in [-0.25, -0.2) is 0 Å². The smallest absolute Gasteiger partial charge is 0.253 e. The van der Waals surface area contributed by atoms with Crippen molar-refractivity contribution in [2.45, 2.75) is 19.1 Å². The Bertz CT molecular complexity index is 688. The second-order valence-electron chi connectivity index (χ2n) is 5.64. The summed E-state index contributed by atoms with van der Waals surface area (Å²) in [6.45, 7) is 1.76. The number of carbonyl (C=O) groups is 1. The quantitative estimate of drug-likeness (QED) is 0.937. The Kier molecular flexibility index (Phi) is 4.84. The number of nitrogens with zero attached hydrogens (tertiary/aromatic N) is 1. The van der Waals surface area contributed by atoms with Crippen LogP contribution in [0.3, 0.4) is 0 Å². The Morgan fingerprint density at radius 3 is 2.74 bits per heavy atom. The molecular formula is C18H19ClN2O2. The monoisotopic (exact) mass is 330 g/mol. The lowest BCUT2D eigenvalue weighted by Gasteiger charge is -2.17. The molecule has 0 bridgehead atoms. The third-order valence-electron chi connectivity index (χ3n) is 3.97. The van der Waals surface area contributed by atoms with Gasteiger partial charge in [0.15, 0.2) is 0 Å². The molecule has 1 fully saturated rings. The van der Waals surface area contributed by atoms with E-state index in [0.717, 1.165) is 17.7 Å². The Balaban J connectivity index is 1.61. The van der Waals surface area contributed by atoms with Crippen molar-refractivity contribution in [3.05, 3.63) is 64.7 Å². The molecule has 2 aromatic carbocycles. The van der Waals surface area contributed by atoms with Gasteiger partial charge in [0.2, 0.25) is 0 Å². The van der Waals surface area contributed by atoms with Crippen LogP contribution in [-0.2, 0) is 6.54 Å². The lowest BCUT2D eigenvalue weighted by Crippen LogP contribution is -2.30. The highest BCUT2D eigenvalue weighted by atomic mass is 35.5. The van der Waals surface area contributed by atoms with Crippen LogP contribution < -0.4 is 10.5 Å². The van der Waals surface area contributed by atoms with E-state index in [1.807, 2.05) is 47.4 Å². The zero-order valence-electron chi connectivity index (χ0n) is 12.7. The van der Waals surface area contributed by atoms with Crippen LogP contribution in [0.25, 0.3) is 0 Å². The largest absolute Gasteiger partial charge is 0.488 e. The van der Waals surface area contributed by atoms with E-state index in [9.17, 15) is 4.79 Å². The lowest BCUT2D eigenvalue weighted by atomic mass is 10.1. The fourth-order valence-corrected chi connectivity index (χ4v) is 2.89. The summed E-state index contributed by atoms with van der Waals surface area (Å²) >= 11 is 5.96. The van der Waals surface area contributed by atoms with Crippen molar-refractivity contribution in [3.63, 3.8) is 0 Å². The highest BCUT2D eigenvalue weighted by molar-refractivity contribution is 6.30. The lowest BCUT2D eigenvalue weighted by molar-refractivity contribution is 0.0772. The summed E-state index contributed by atoms with van der Waals surface area (Å²) in [7, 11) is 0. The molecule has 120 valence electrons. The van der Waals surface area contributed by atoms with Crippen molar-refractivity contribution in [1.82, 2.24) is 4.90 Å². The number of hydrogen-bond acceptors (Lipinski definition) is 3. The topological polar surface area (TPSA) is 55.6 Å². The first-order chi connectivity index (χ1) is 11.2. The van der Waals surface area contributed by atoms with Gasteiger partial charge in [0.25, 0.3) is 5.91 Å². The van der Waals surface area contributed by atoms with Crippen LogP contribution in [0.15, 0.2) is 48.5 Å². The van der Waals surface area contributed by atoms with Gasteiger partial charge in [-0.15, -0.1) is 0 Å². The van der Waals surface area contributed by atoms with Gasteiger partial charge in [0, 0.05) is 30.1 Å². The Hall–Kier alpha value is -2.04. The van der Waals surface area contributed by atoms with Gasteiger partial charge < -0.3 is 15.4 Å². The van der Waals surface area contributed by atoms with Crippen LogP contribution >= 0.6 is 11.6 Å². The minimum atomic E-state index is 0.000677. The number of carbonyl (C=O) groups excluding carboxylic acids is 1. The molecule has 1 heterocycles. The van der Waals surface area contributed by atoms with Crippen molar-refractivity contribution in [1.29, 1.82) is 0 Å².